The number of nitrogens with one attached hydrogen (secondary N) is 3. The van der Waals surface area contributed by atoms with Crippen LogP contribution in [0.5, 0.6) is 0 Å². The predicted octanol–water partition coefficient (Wildman–Crippen LogP) is 3.63. The van der Waals surface area contributed by atoms with Crippen LogP contribution in [-0.2, 0) is 16.0 Å². The summed E-state index contributed by atoms with van der Waals surface area (Å²) in [6.07, 6.45) is 5.06. The summed E-state index contributed by atoms with van der Waals surface area (Å²) < 4.78 is 5.16. The van der Waals surface area contributed by atoms with E-state index in [0.29, 0.717) is 30.6 Å². The van der Waals surface area contributed by atoms with Crippen molar-refractivity contribution in [2.45, 2.75) is 63.3 Å². The molecule has 0 aromatic heterocycles. The van der Waals surface area contributed by atoms with Gasteiger partial charge in [-0.05, 0) is 49.1 Å². The van der Waals surface area contributed by atoms with Crippen LogP contribution in [0.1, 0.15) is 72.7 Å². The molecule has 4 N–H and O–H groups in total. The fourth-order valence-electron chi connectivity index (χ4n) is 5.18. The molecule has 0 saturated carbocycles. The SMILES string of the molecule is CCC1(C)CC(=O)N(C(/C=C/COC)c2cccc(C(=O)N[C@@H]3c4ccccc4CC3(C)O)c2)C(=N)N1. The number of fused-ring (bicyclic) bond motifs is 1. The molecule has 4 atom stereocenters. The Bertz CT molecular complexity index is 1200. The zero-order valence-electron chi connectivity index (χ0n) is 21.9. The molecule has 0 radical (unpaired) electrons. The second-order valence-electron chi connectivity index (χ2n) is 10.4. The normalized spacial score (nSPS) is 26.2. The summed E-state index contributed by atoms with van der Waals surface area (Å²) in [6.45, 7) is 6.01. The topological polar surface area (TPSA) is 115 Å². The molecule has 1 heterocycles. The lowest BCUT2D eigenvalue weighted by Crippen LogP contribution is -2.61. The van der Waals surface area contributed by atoms with Crippen LogP contribution in [0.3, 0.4) is 0 Å². The minimum Gasteiger partial charge on any atom is -0.387 e. The monoisotopic (exact) mass is 504 g/mol. The van der Waals surface area contributed by atoms with Crippen LogP contribution in [0.25, 0.3) is 0 Å². The van der Waals surface area contributed by atoms with Crippen molar-refractivity contribution in [3.05, 3.63) is 82.9 Å². The van der Waals surface area contributed by atoms with E-state index in [1.54, 1.807) is 38.3 Å². The summed E-state index contributed by atoms with van der Waals surface area (Å²) in [6, 6.07) is 13.7. The van der Waals surface area contributed by atoms with Crippen molar-refractivity contribution >= 4 is 17.8 Å². The van der Waals surface area contributed by atoms with E-state index in [2.05, 4.69) is 10.6 Å². The second-order valence-corrected chi connectivity index (χ2v) is 10.4. The fraction of sp³-hybridized carbons (Fsp3) is 0.414. The third-order valence-electron chi connectivity index (χ3n) is 7.41. The van der Waals surface area contributed by atoms with Crippen LogP contribution < -0.4 is 10.6 Å². The molecule has 2 amide bonds. The summed E-state index contributed by atoms with van der Waals surface area (Å²) in [7, 11) is 1.59. The maximum Gasteiger partial charge on any atom is 0.251 e. The molecular weight excluding hydrogens is 468 g/mol. The standard InChI is InChI=1S/C29H36N4O4/c1-5-28(2)18-24(34)33(27(30)32-28)23(14-9-15-37-4)19-11-8-12-20(16-19)26(35)31-25-22-13-7-6-10-21(22)17-29(25,3)36/h6-14,16,23,25,36H,5,15,17-18H2,1-4H3,(H2,30,32)(H,31,35)/b14-9+/t23?,25-,28?,29?/m1/s1. The van der Waals surface area contributed by atoms with Crippen LogP contribution in [-0.4, -0.2) is 52.6 Å². The van der Waals surface area contributed by atoms with Crippen LogP contribution in [0.15, 0.2) is 60.7 Å². The molecule has 2 aromatic carbocycles. The molecule has 2 aromatic rings. The number of hydrogen-bond donors (Lipinski definition) is 4. The van der Waals surface area contributed by atoms with Gasteiger partial charge >= 0.3 is 0 Å². The highest BCUT2D eigenvalue weighted by molar-refractivity contribution is 6.00. The Labute approximate surface area is 218 Å². The predicted molar refractivity (Wildman–Crippen MR) is 142 cm³/mol. The Kier molecular flexibility index (Phi) is 7.52. The number of methoxy groups -OCH3 is 1. The van der Waals surface area contributed by atoms with Crippen molar-refractivity contribution < 1.29 is 19.4 Å². The number of amides is 2. The maximum absolute atomic E-state index is 13.4. The van der Waals surface area contributed by atoms with E-state index in [1.807, 2.05) is 50.3 Å². The summed E-state index contributed by atoms with van der Waals surface area (Å²) in [5, 5.41) is 25.8. The third kappa shape index (κ3) is 5.45. The lowest BCUT2D eigenvalue weighted by molar-refractivity contribution is -0.131. The van der Waals surface area contributed by atoms with Gasteiger partial charge in [0.1, 0.15) is 0 Å². The molecule has 2 aliphatic rings. The number of guanidine groups is 1. The van der Waals surface area contributed by atoms with Gasteiger partial charge in [0, 0.05) is 24.6 Å². The van der Waals surface area contributed by atoms with Gasteiger partial charge in [-0.25, -0.2) is 0 Å². The quantitative estimate of drug-likeness (QED) is 0.410. The van der Waals surface area contributed by atoms with E-state index in [4.69, 9.17) is 10.1 Å². The molecule has 8 nitrogen and oxygen atoms in total. The molecule has 0 spiro atoms. The third-order valence-corrected chi connectivity index (χ3v) is 7.41. The van der Waals surface area contributed by atoms with Crippen molar-refractivity contribution in [1.82, 2.24) is 15.5 Å². The van der Waals surface area contributed by atoms with Gasteiger partial charge in [0.25, 0.3) is 5.91 Å². The van der Waals surface area contributed by atoms with E-state index in [1.165, 1.54) is 4.90 Å². The van der Waals surface area contributed by atoms with Crippen LogP contribution in [0.2, 0.25) is 0 Å². The van der Waals surface area contributed by atoms with E-state index >= 15 is 0 Å². The molecule has 37 heavy (non-hydrogen) atoms. The first-order chi connectivity index (χ1) is 17.6. The zero-order valence-corrected chi connectivity index (χ0v) is 21.9. The molecule has 1 fully saturated rings. The highest BCUT2D eigenvalue weighted by atomic mass is 16.5. The van der Waals surface area contributed by atoms with Crippen molar-refractivity contribution in [2.75, 3.05) is 13.7 Å². The van der Waals surface area contributed by atoms with E-state index < -0.39 is 23.2 Å². The van der Waals surface area contributed by atoms with Crippen molar-refractivity contribution in [3.8, 4) is 0 Å². The number of aliphatic hydroxyl groups is 1. The number of benzene rings is 2. The van der Waals surface area contributed by atoms with E-state index in [-0.39, 0.29) is 24.2 Å². The number of hydrogen-bond acceptors (Lipinski definition) is 5. The molecule has 196 valence electrons. The average Bonchev–Trinajstić information content (AvgIpc) is 3.12. The molecule has 1 aliphatic carbocycles. The number of carbonyl (C=O) groups excluding carboxylic acids is 2. The van der Waals surface area contributed by atoms with Crippen molar-refractivity contribution in [2.24, 2.45) is 0 Å². The highest BCUT2D eigenvalue weighted by Gasteiger charge is 2.42. The van der Waals surface area contributed by atoms with Gasteiger partial charge < -0.3 is 20.5 Å². The molecule has 1 aliphatic heterocycles. The van der Waals surface area contributed by atoms with Gasteiger partial charge in [0.15, 0.2) is 5.96 Å². The summed E-state index contributed by atoms with van der Waals surface area (Å²) >= 11 is 0. The Morgan fingerprint density at radius 1 is 1.27 bits per heavy atom. The maximum atomic E-state index is 13.4. The first-order valence-corrected chi connectivity index (χ1v) is 12.6. The minimum atomic E-state index is -1.10. The molecule has 3 unspecified atom stereocenters. The van der Waals surface area contributed by atoms with Crippen molar-refractivity contribution in [3.63, 3.8) is 0 Å². The van der Waals surface area contributed by atoms with Gasteiger partial charge in [-0.1, -0.05) is 55.5 Å². The molecule has 1 saturated heterocycles. The van der Waals surface area contributed by atoms with Gasteiger partial charge in [-0.15, -0.1) is 0 Å². The number of nitrogens with zero attached hydrogens (tertiary/aromatic N) is 1. The molecule has 0 bridgehead atoms. The smallest absolute Gasteiger partial charge is 0.251 e. The molecular formula is C29H36N4O4. The minimum absolute atomic E-state index is 0.0288. The number of rotatable bonds is 8. The lowest BCUT2D eigenvalue weighted by atomic mass is 9.90. The van der Waals surface area contributed by atoms with Gasteiger partial charge in [-0.2, -0.15) is 0 Å². The Balaban J connectivity index is 1.62. The largest absolute Gasteiger partial charge is 0.387 e. The Morgan fingerprint density at radius 2 is 2.03 bits per heavy atom. The van der Waals surface area contributed by atoms with Gasteiger partial charge in [0.2, 0.25) is 5.91 Å². The molecule has 4 rings (SSSR count). The summed E-state index contributed by atoms with van der Waals surface area (Å²) in [5.41, 5.74) is 1.46. The first kappa shape index (κ1) is 26.6. The Hall–Kier alpha value is -3.49. The van der Waals surface area contributed by atoms with Gasteiger partial charge in [-0.3, -0.25) is 19.9 Å². The van der Waals surface area contributed by atoms with Crippen LogP contribution in [0.4, 0.5) is 0 Å². The van der Waals surface area contributed by atoms with Crippen LogP contribution >= 0.6 is 0 Å². The second kappa shape index (κ2) is 10.5. The van der Waals surface area contributed by atoms with Crippen molar-refractivity contribution in [1.29, 1.82) is 5.41 Å². The van der Waals surface area contributed by atoms with E-state index in [0.717, 1.165) is 11.1 Å². The summed E-state index contributed by atoms with van der Waals surface area (Å²) in [4.78, 5) is 28.0. The number of carbonyl (C=O) groups is 2. The number of ether oxygens (including phenoxy) is 1. The van der Waals surface area contributed by atoms with Crippen LogP contribution in [0, 0.1) is 5.41 Å². The molecule has 8 heteroatoms. The highest BCUT2D eigenvalue weighted by Crippen LogP contribution is 2.39. The Morgan fingerprint density at radius 3 is 2.73 bits per heavy atom. The lowest BCUT2D eigenvalue weighted by Gasteiger charge is -2.42. The zero-order chi connectivity index (χ0) is 26.8. The average molecular weight is 505 g/mol. The summed E-state index contributed by atoms with van der Waals surface area (Å²) in [5.74, 6) is -0.449. The van der Waals surface area contributed by atoms with Gasteiger partial charge in [0.05, 0.1) is 30.7 Å². The first-order valence-electron chi connectivity index (χ1n) is 12.6. The fourth-order valence-corrected chi connectivity index (χ4v) is 5.18. The van der Waals surface area contributed by atoms with E-state index in [9.17, 15) is 14.7 Å².